The monoisotopic (exact) mass is 299 g/mol. The Morgan fingerprint density at radius 1 is 1.30 bits per heavy atom. The summed E-state index contributed by atoms with van der Waals surface area (Å²) >= 11 is 0. The molecule has 0 spiro atoms. The number of nitriles is 1. The Labute approximate surface area is 116 Å². The van der Waals surface area contributed by atoms with Crippen LogP contribution < -0.4 is 0 Å². The highest BCUT2D eigenvalue weighted by molar-refractivity contribution is 7.59. The Kier molecular flexibility index (Phi) is 5.90. The smallest absolute Gasteiger partial charge is 0.375 e. The predicted molar refractivity (Wildman–Crippen MR) is 72.4 cm³/mol. The molecule has 0 radical (unpaired) electrons. The SMILES string of the molecule is CCOP(=O)(OCC)/C(C#N)=C(\O)c1ccc(F)cc1. The van der Waals surface area contributed by atoms with Gasteiger partial charge in [0.25, 0.3) is 0 Å². The summed E-state index contributed by atoms with van der Waals surface area (Å²) in [4.78, 5) is 0. The van der Waals surface area contributed by atoms with Crippen molar-refractivity contribution in [2.45, 2.75) is 13.8 Å². The van der Waals surface area contributed by atoms with Gasteiger partial charge in [-0.25, -0.2) is 4.39 Å². The van der Waals surface area contributed by atoms with Crippen molar-refractivity contribution in [2.24, 2.45) is 0 Å². The molecule has 1 N–H and O–H groups in total. The van der Waals surface area contributed by atoms with Gasteiger partial charge in [-0.05, 0) is 38.1 Å². The lowest BCUT2D eigenvalue weighted by atomic mass is 10.2. The molecule has 5 nitrogen and oxygen atoms in total. The highest BCUT2D eigenvalue weighted by Crippen LogP contribution is 2.57. The Balaban J connectivity index is 3.33. The second-order valence-corrected chi connectivity index (χ2v) is 5.61. The molecule has 20 heavy (non-hydrogen) atoms. The van der Waals surface area contributed by atoms with Crippen molar-refractivity contribution in [3.8, 4) is 6.07 Å². The van der Waals surface area contributed by atoms with Gasteiger partial charge in [0, 0.05) is 5.56 Å². The van der Waals surface area contributed by atoms with Crippen LogP contribution in [0.4, 0.5) is 4.39 Å². The van der Waals surface area contributed by atoms with Crippen LogP contribution in [0.5, 0.6) is 0 Å². The van der Waals surface area contributed by atoms with E-state index >= 15 is 0 Å². The molecule has 0 amide bonds. The Morgan fingerprint density at radius 2 is 1.80 bits per heavy atom. The minimum Gasteiger partial charge on any atom is -0.506 e. The molecule has 0 unspecified atom stereocenters. The van der Waals surface area contributed by atoms with Crippen LogP contribution in [0.25, 0.3) is 5.76 Å². The molecule has 7 heteroatoms. The number of rotatable bonds is 6. The summed E-state index contributed by atoms with van der Waals surface area (Å²) in [6.07, 6.45) is 0. The first-order chi connectivity index (χ1) is 9.48. The predicted octanol–water partition coefficient (Wildman–Crippen LogP) is 3.84. The highest BCUT2D eigenvalue weighted by atomic mass is 31.2. The quantitative estimate of drug-likeness (QED) is 0.490. The molecule has 0 saturated heterocycles. The van der Waals surface area contributed by atoms with Crippen LogP contribution in [-0.2, 0) is 13.6 Å². The van der Waals surface area contributed by atoms with Crippen LogP contribution in [0.15, 0.2) is 29.6 Å². The zero-order valence-corrected chi connectivity index (χ0v) is 12.1. The maximum Gasteiger partial charge on any atom is 0.375 e. The van der Waals surface area contributed by atoms with Gasteiger partial charge in [-0.3, -0.25) is 4.57 Å². The molecule has 0 aromatic heterocycles. The van der Waals surface area contributed by atoms with Crippen molar-refractivity contribution in [1.82, 2.24) is 0 Å². The summed E-state index contributed by atoms with van der Waals surface area (Å²) in [5, 5.41) is 18.7. The fourth-order valence-corrected chi connectivity index (χ4v) is 3.02. The second-order valence-electron chi connectivity index (χ2n) is 3.65. The van der Waals surface area contributed by atoms with E-state index in [2.05, 4.69) is 0 Å². The summed E-state index contributed by atoms with van der Waals surface area (Å²) in [7, 11) is -3.89. The standard InChI is InChI=1S/C13H15FNO4P/c1-3-18-20(17,19-4-2)12(9-15)13(16)10-5-7-11(14)8-6-10/h5-8,16H,3-4H2,1-2H3/b13-12-. The van der Waals surface area contributed by atoms with E-state index in [9.17, 15) is 14.1 Å². The van der Waals surface area contributed by atoms with Crippen molar-refractivity contribution >= 4 is 13.4 Å². The number of halogens is 1. The topological polar surface area (TPSA) is 79.5 Å². The molecule has 0 aliphatic heterocycles. The third-order valence-corrected chi connectivity index (χ3v) is 4.38. The fourth-order valence-electron chi connectivity index (χ4n) is 1.49. The Hall–Kier alpha value is -1.67. The average molecular weight is 299 g/mol. The Morgan fingerprint density at radius 3 is 2.20 bits per heavy atom. The van der Waals surface area contributed by atoms with E-state index in [1.54, 1.807) is 19.9 Å². The molecular weight excluding hydrogens is 284 g/mol. The van der Waals surface area contributed by atoms with Crippen molar-refractivity contribution in [2.75, 3.05) is 13.2 Å². The van der Waals surface area contributed by atoms with Crippen molar-refractivity contribution in [1.29, 1.82) is 5.26 Å². The first-order valence-electron chi connectivity index (χ1n) is 5.97. The Bertz CT molecular complexity index is 567. The molecule has 0 aliphatic carbocycles. The fraction of sp³-hybridized carbons (Fsp3) is 0.308. The third-order valence-electron chi connectivity index (χ3n) is 2.32. The van der Waals surface area contributed by atoms with Gasteiger partial charge in [0.15, 0.2) is 5.31 Å². The molecule has 0 bridgehead atoms. The molecular formula is C13H15FNO4P. The molecule has 0 heterocycles. The lowest BCUT2D eigenvalue weighted by Gasteiger charge is -2.17. The van der Waals surface area contributed by atoms with Gasteiger partial charge in [0.05, 0.1) is 13.2 Å². The summed E-state index contributed by atoms with van der Waals surface area (Å²) in [5.41, 5.74) is 0.155. The minimum absolute atomic E-state index is 0.0547. The zero-order valence-electron chi connectivity index (χ0n) is 11.2. The number of allylic oxidation sites excluding steroid dienone is 1. The lowest BCUT2D eigenvalue weighted by molar-refractivity contribution is 0.227. The molecule has 1 aromatic rings. The summed E-state index contributed by atoms with van der Waals surface area (Å²) in [6, 6.07) is 6.42. The maximum absolute atomic E-state index is 12.8. The summed E-state index contributed by atoms with van der Waals surface area (Å²) in [6.45, 7) is 3.30. The van der Waals surface area contributed by atoms with Gasteiger partial charge < -0.3 is 14.2 Å². The first-order valence-corrected chi connectivity index (χ1v) is 7.51. The van der Waals surface area contributed by atoms with Gasteiger partial charge >= 0.3 is 7.60 Å². The molecule has 1 aromatic carbocycles. The van der Waals surface area contributed by atoms with Crippen LogP contribution >= 0.6 is 7.60 Å². The van der Waals surface area contributed by atoms with E-state index in [0.29, 0.717) is 0 Å². The van der Waals surface area contributed by atoms with E-state index in [4.69, 9.17) is 14.3 Å². The molecule has 0 atom stereocenters. The third kappa shape index (κ3) is 3.67. The number of hydrogen-bond donors (Lipinski definition) is 1. The number of aliphatic hydroxyl groups excluding tert-OH is 1. The molecule has 0 aliphatic rings. The molecule has 0 saturated carbocycles. The maximum atomic E-state index is 12.8. The highest BCUT2D eigenvalue weighted by Gasteiger charge is 2.33. The first kappa shape index (κ1) is 16.4. The van der Waals surface area contributed by atoms with Crippen LogP contribution in [0.1, 0.15) is 19.4 Å². The number of aliphatic hydroxyl groups is 1. The number of hydrogen-bond acceptors (Lipinski definition) is 5. The van der Waals surface area contributed by atoms with Crippen molar-refractivity contribution < 1.29 is 23.1 Å². The minimum atomic E-state index is -3.89. The molecule has 0 fully saturated rings. The zero-order chi connectivity index (χ0) is 15.2. The lowest BCUT2D eigenvalue weighted by Crippen LogP contribution is -2.00. The van der Waals surface area contributed by atoms with E-state index in [1.165, 1.54) is 12.1 Å². The van der Waals surface area contributed by atoms with Gasteiger partial charge in [0.1, 0.15) is 17.6 Å². The van der Waals surface area contributed by atoms with E-state index in [-0.39, 0.29) is 18.8 Å². The van der Waals surface area contributed by atoms with Crippen molar-refractivity contribution in [3.63, 3.8) is 0 Å². The summed E-state index contributed by atoms with van der Waals surface area (Å²) in [5.74, 6) is -1.03. The summed E-state index contributed by atoms with van der Waals surface area (Å²) < 4.78 is 35.3. The number of nitrogens with zero attached hydrogens (tertiary/aromatic N) is 1. The average Bonchev–Trinajstić information content (AvgIpc) is 2.40. The van der Waals surface area contributed by atoms with Crippen molar-refractivity contribution in [3.05, 3.63) is 41.0 Å². The van der Waals surface area contributed by atoms with Gasteiger partial charge in [-0.1, -0.05) is 0 Å². The van der Waals surface area contributed by atoms with E-state index in [1.807, 2.05) is 0 Å². The normalized spacial score (nSPS) is 12.7. The second kappa shape index (κ2) is 7.20. The van der Waals surface area contributed by atoms with Gasteiger partial charge in [-0.2, -0.15) is 5.26 Å². The number of benzene rings is 1. The van der Waals surface area contributed by atoms with Crippen LogP contribution in [0.2, 0.25) is 0 Å². The van der Waals surface area contributed by atoms with E-state index in [0.717, 1.165) is 12.1 Å². The van der Waals surface area contributed by atoms with Gasteiger partial charge in [0.2, 0.25) is 0 Å². The van der Waals surface area contributed by atoms with Crippen LogP contribution in [0, 0.1) is 17.1 Å². The van der Waals surface area contributed by atoms with Crippen LogP contribution in [-0.4, -0.2) is 18.3 Å². The van der Waals surface area contributed by atoms with Crippen LogP contribution in [0.3, 0.4) is 0 Å². The van der Waals surface area contributed by atoms with Gasteiger partial charge in [-0.15, -0.1) is 0 Å². The largest absolute Gasteiger partial charge is 0.506 e. The molecule has 1 rings (SSSR count). The molecule has 108 valence electrons. The van der Waals surface area contributed by atoms with E-state index < -0.39 is 24.5 Å².